The lowest BCUT2D eigenvalue weighted by atomic mass is 10.0. The second-order valence-corrected chi connectivity index (χ2v) is 9.83. The van der Waals surface area contributed by atoms with Crippen molar-refractivity contribution in [2.24, 2.45) is 0 Å². The molecule has 0 aliphatic carbocycles. The molecular weight excluding hydrogens is 535 g/mol. The number of hydrogen-bond acceptors (Lipinski definition) is 4. The van der Waals surface area contributed by atoms with Gasteiger partial charge in [-0.3, -0.25) is 20.0 Å². The van der Waals surface area contributed by atoms with Crippen molar-refractivity contribution >= 4 is 35.0 Å². The number of hydrogen-bond donors (Lipinski definition) is 2. The lowest BCUT2D eigenvalue weighted by Gasteiger charge is -2.21. The Labute approximate surface area is 246 Å². The van der Waals surface area contributed by atoms with Gasteiger partial charge in [0, 0.05) is 23.9 Å². The number of amides is 2. The molecule has 0 aromatic heterocycles. The molecule has 0 saturated carbocycles. The number of aryl methyl sites for hydroxylation is 2. The van der Waals surface area contributed by atoms with E-state index in [0.29, 0.717) is 0 Å². The molecule has 0 aliphatic heterocycles. The minimum absolute atomic E-state index is 0.0162. The minimum Gasteiger partial charge on any atom is -0.286 e. The Morgan fingerprint density at radius 1 is 0.692 bits per heavy atom. The fourth-order valence-corrected chi connectivity index (χ4v) is 3.92. The maximum absolute atomic E-state index is 10.6. The molecule has 0 heterocycles. The molecule has 2 rings (SSSR count). The van der Waals surface area contributed by atoms with E-state index in [9.17, 15) is 9.59 Å². The van der Waals surface area contributed by atoms with Crippen molar-refractivity contribution in [3.63, 3.8) is 0 Å². The molecule has 6 nitrogen and oxygen atoms in total. The first-order chi connectivity index (χ1) is 18.3. The van der Waals surface area contributed by atoms with Crippen LogP contribution in [-0.2, 0) is 16.0 Å². The van der Waals surface area contributed by atoms with Crippen LogP contribution in [0.5, 0.6) is 0 Å². The van der Waals surface area contributed by atoms with Gasteiger partial charge in [-0.15, -0.1) is 0 Å². The summed E-state index contributed by atoms with van der Waals surface area (Å²) in [5.41, 5.74) is 4.63. The molecule has 0 aliphatic rings. The van der Waals surface area contributed by atoms with Crippen LogP contribution in [0.25, 0.3) is 0 Å². The van der Waals surface area contributed by atoms with Crippen molar-refractivity contribution in [1.29, 1.82) is 0 Å². The maximum Gasteiger partial charge on any atom is 0.243 e. The molecule has 222 valence electrons. The van der Waals surface area contributed by atoms with E-state index >= 15 is 0 Å². The zero-order chi connectivity index (χ0) is 30.7. The summed E-state index contributed by atoms with van der Waals surface area (Å²) in [6.45, 7) is 18.5. The van der Waals surface area contributed by atoms with E-state index in [1.165, 1.54) is 25.0 Å². The molecule has 0 saturated heterocycles. The van der Waals surface area contributed by atoms with Crippen molar-refractivity contribution in [3.05, 3.63) is 68.7 Å². The fraction of sp³-hybridized carbons (Fsp3) is 0.548. The number of halogens is 2. The third-order valence-electron chi connectivity index (χ3n) is 6.10. The lowest BCUT2D eigenvalue weighted by molar-refractivity contribution is -0.174. The highest BCUT2D eigenvalue weighted by atomic mass is 35.5. The number of carbonyl (C=O) groups is 2. The smallest absolute Gasteiger partial charge is 0.243 e. The molecule has 2 N–H and O–H groups in total. The largest absolute Gasteiger partial charge is 0.286 e. The standard InChI is InChI=1S/C15H14Cl2.2C7H15NO2.C2H6/c1-10-3-5-12(8-14(10)16)7-13-6-4-11(2)15(17)9-13;2*1-4-7(5-2)8(10)6(3)9;1-2/h3-6,8-9H,7H2,1-2H3;2*7,10H,4-5H2,1-3H3;1-2H3. The highest BCUT2D eigenvalue weighted by molar-refractivity contribution is 6.31. The summed E-state index contributed by atoms with van der Waals surface area (Å²) in [5, 5.41) is 21.4. The molecule has 0 atom stereocenters. The van der Waals surface area contributed by atoms with Crippen molar-refractivity contribution in [2.45, 2.75) is 113 Å². The molecule has 2 aromatic carbocycles. The van der Waals surface area contributed by atoms with E-state index < -0.39 is 0 Å². The number of hydroxylamine groups is 4. The topological polar surface area (TPSA) is 81.1 Å². The fourth-order valence-electron chi connectivity index (χ4n) is 3.51. The monoisotopic (exact) mass is 584 g/mol. The van der Waals surface area contributed by atoms with Gasteiger partial charge in [0.05, 0.1) is 12.1 Å². The molecule has 2 amide bonds. The van der Waals surface area contributed by atoms with Gasteiger partial charge in [0.2, 0.25) is 11.8 Å². The van der Waals surface area contributed by atoms with Crippen LogP contribution in [0, 0.1) is 13.8 Å². The number of benzene rings is 2. The Kier molecular flexibility index (Phi) is 21.7. The molecule has 2 aromatic rings. The highest BCUT2D eigenvalue weighted by Gasteiger charge is 2.15. The summed E-state index contributed by atoms with van der Waals surface area (Å²) in [7, 11) is 0. The second kappa shape index (κ2) is 21.7. The molecule has 0 radical (unpaired) electrons. The number of nitrogens with zero attached hydrogens (tertiary/aromatic N) is 2. The SMILES string of the molecule is CC.CCC(CC)N(O)C(C)=O.CCC(CC)N(O)C(C)=O.Cc1ccc(Cc2ccc(C)c(Cl)c2)cc1Cl. The summed E-state index contributed by atoms with van der Waals surface area (Å²) in [4.78, 5) is 21.2. The molecule has 0 bridgehead atoms. The first-order valence-corrected chi connectivity index (χ1v) is 14.6. The average Bonchev–Trinajstić information content (AvgIpc) is 2.91. The Morgan fingerprint density at radius 2 is 0.974 bits per heavy atom. The molecule has 0 unspecified atom stereocenters. The van der Waals surface area contributed by atoms with Gasteiger partial charge in [-0.1, -0.05) is 89.0 Å². The summed E-state index contributed by atoms with van der Waals surface area (Å²) >= 11 is 12.2. The zero-order valence-corrected chi connectivity index (χ0v) is 27.0. The third-order valence-corrected chi connectivity index (χ3v) is 6.92. The predicted octanol–water partition coefficient (Wildman–Crippen LogP) is 9.05. The molecule has 0 spiro atoms. The van der Waals surface area contributed by atoms with E-state index in [0.717, 1.165) is 63.4 Å². The van der Waals surface area contributed by atoms with Crippen molar-refractivity contribution in [2.75, 3.05) is 0 Å². The highest BCUT2D eigenvalue weighted by Crippen LogP contribution is 2.22. The Bertz CT molecular complexity index is 900. The van der Waals surface area contributed by atoms with E-state index in [2.05, 4.69) is 12.1 Å². The van der Waals surface area contributed by atoms with E-state index in [-0.39, 0.29) is 23.9 Å². The van der Waals surface area contributed by atoms with Crippen LogP contribution in [-0.4, -0.2) is 44.4 Å². The minimum atomic E-state index is -0.284. The Morgan fingerprint density at radius 3 is 1.15 bits per heavy atom. The van der Waals surface area contributed by atoms with Crippen LogP contribution >= 0.6 is 23.2 Å². The zero-order valence-electron chi connectivity index (χ0n) is 25.5. The first kappa shape index (κ1) is 39.0. The Balaban J connectivity index is 0. The number of rotatable bonds is 8. The van der Waals surface area contributed by atoms with Crippen molar-refractivity contribution in [1.82, 2.24) is 10.1 Å². The van der Waals surface area contributed by atoms with Crippen LogP contribution in [0.4, 0.5) is 0 Å². The lowest BCUT2D eigenvalue weighted by Crippen LogP contribution is -2.34. The molecular formula is C31H50Cl2N2O4. The summed E-state index contributed by atoms with van der Waals surface area (Å²) in [5.74, 6) is -0.567. The van der Waals surface area contributed by atoms with Gasteiger partial charge in [-0.25, -0.2) is 10.1 Å². The molecule has 0 fully saturated rings. The van der Waals surface area contributed by atoms with Gasteiger partial charge in [-0.2, -0.15) is 0 Å². The molecule has 39 heavy (non-hydrogen) atoms. The summed E-state index contributed by atoms with van der Waals surface area (Å²) in [6.07, 6.45) is 4.05. The van der Waals surface area contributed by atoms with Gasteiger partial charge in [0.1, 0.15) is 0 Å². The van der Waals surface area contributed by atoms with Crippen LogP contribution in [0.3, 0.4) is 0 Å². The van der Waals surface area contributed by atoms with E-state index in [1.54, 1.807) is 0 Å². The Hall–Kier alpha value is -2.12. The summed E-state index contributed by atoms with van der Waals surface area (Å²) in [6, 6.07) is 12.3. The van der Waals surface area contributed by atoms with Gasteiger partial charge in [-0.05, 0) is 80.3 Å². The predicted molar refractivity (Wildman–Crippen MR) is 164 cm³/mol. The van der Waals surface area contributed by atoms with Gasteiger partial charge >= 0.3 is 0 Å². The van der Waals surface area contributed by atoms with Gasteiger partial charge in [0.25, 0.3) is 0 Å². The number of carbonyl (C=O) groups excluding carboxylic acids is 2. The summed E-state index contributed by atoms with van der Waals surface area (Å²) < 4.78 is 0. The third kappa shape index (κ3) is 15.3. The van der Waals surface area contributed by atoms with Crippen LogP contribution < -0.4 is 0 Å². The average molecular weight is 586 g/mol. The van der Waals surface area contributed by atoms with Crippen molar-refractivity contribution in [3.8, 4) is 0 Å². The maximum atomic E-state index is 10.6. The van der Waals surface area contributed by atoms with Gasteiger partial charge in [0.15, 0.2) is 0 Å². The normalized spacial score (nSPS) is 9.95. The second-order valence-electron chi connectivity index (χ2n) is 9.01. The van der Waals surface area contributed by atoms with Crippen molar-refractivity contribution < 1.29 is 20.0 Å². The quantitative estimate of drug-likeness (QED) is 0.239. The van der Waals surface area contributed by atoms with Crippen LogP contribution in [0.2, 0.25) is 10.0 Å². The van der Waals surface area contributed by atoms with E-state index in [1.807, 2.05) is 79.7 Å². The van der Waals surface area contributed by atoms with E-state index in [4.69, 9.17) is 33.6 Å². The van der Waals surface area contributed by atoms with Gasteiger partial charge < -0.3 is 0 Å². The van der Waals surface area contributed by atoms with Crippen LogP contribution in [0.1, 0.15) is 103 Å². The van der Waals surface area contributed by atoms with Crippen LogP contribution in [0.15, 0.2) is 36.4 Å². The molecule has 8 heteroatoms. The first-order valence-electron chi connectivity index (χ1n) is 13.8.